The number of nitrogens with zero attached hydrogens (tertiary/aromatic N) is 3. The third-order valence-electron chi connectivity index (χ3n) is 4.69. The molecular weight excluding hydrogens is 352 g/mol. The zero-order valence-electron chi connectivity index (χ0n) is 15.8. The van der Waals surface area contributed by atoms with Gasteiger partial charge in [-0.05, 0) is 25.0 Å². The maximum absolute atomic E-state index is 11.8. The summed E-state index contributed by atoms with van der Waals surface area (Å²) in [7, 11) is 0. The number of aryl methyl sites for hydroxylation is 2. The Morgan fingerprint density at radius 2 is 1.89 bits per heavy atom. The first-order chi connectivity index (χ1) is 13.7. The lowest BCUT2D eigenvalue weighted by molar-refractivity contribution is 0.139. The first kappa shape index (κ1) is 18.0. The molecule has 0 fully saturated rings. The number of hydrogen-bond donors (Lipinski definition) is 1. The quantitative estimate of drug-likeness (QED) is 0.513. The number of nitrogens with one attached hydrogen (secondary N) is 1. The second kappa shape index (κ2) is 8.08. The van der Waals surface area contributed by atoms with Gasteiger partial charge in [0.05, 0.1) is 23.1 Å². The summed E-state index contributed by atoms with van der Waals surface area (Å²) in [6, 6.07) is 17.7. The van der Waals surface area contributed by atoms with E-state index in [1.165, 1.54) is 0 Å². The van der Waals surface area contributed by atoms with Gasteiger partial charge in [-0.2, -0.15) is 0 Å². The van der Waals surface area contributed by atoms with Crippen LogP contribution in [0, 0.1) is 6.92 Å². The molecule has 6 heteroatoms. The van der Waals surface area contributed by atoms with Gasteiger partial charge in [-0.1, -0.05) is 48.5 Å². The number of para-hydroxylation sites is 1. The number of fused-ring (bicyclic) bond motifs is 3. The Bertz CT molecular complexity index is 1110. The van der Waals surface area contributed by atoms with Crippen LogP contribution in [0.2, 0.25) is 0 Å². The minimum atomic E-state index is -0.398. The van der Waals surface area contributed by atoms with E-state index in [2.05, 4.69) is 25.9 Å². The number of carbonyl (C=O) groups is 1. The van der Waals surface area contributed by atoms with Crippen LogP contribution >= 0.6 is 0 Å². The molecule has 0 atom stereocenters. The molecule has 4 rings (SSSR count). The van der Waals surface area contributed by atoms with Crippen molar-refractivity contribution in [3.63, 3.8) is 0 Å². The third-order valence-corrected chi connectivity index (χ3v) is 4.69. The molecule has 6 nitrogen and oxygen atoms in total. The average molecular weight is 374 g/mol. The van der Waals surface area contributed by atoms with Crippen LogP contribution in [-0.4, -0.2) is 27.2 Å². The Morgan fingerprint density at radius 1 is 1.11 bits per heavy atom. The van der Waals surface area contributed by atoms with E-state index in [0.717, 1.165) is 46.2 Å². The van der Waals surface area contributed by atoms with Gasteiger partial charge in [0.2, 0.25) is 0 Å². The van der Waals surface area contributed by atoms with E-state index in [9.17, 15) is 4.79 Å². The maximum atomic E-state index is 11.8. The van der Waals surface area contributed by atoms with Crippen molar-refractivity contribution in [2.24, 2.45) is 0 Å². The number of pyridine rings is 1. The van der Waals surface area contributed by atoms with E-state index in [0.29, 0.717) is 6.54 Å². The Morgan fingerprint density at radius 3 is 2.75 bits per heavy atom. The third kappa shape index (κ3) is 3.81. The van der Waals surface area contributed by atoms with Gasteiger partial charge in [0.25, 0.3) is 0 Å². The highest BCUT2D eigenvalue weighted by Crippen LogP contribution is 2.25. The van der Waals surface area contributed by atoms with Crippen LogP contribution in [0.15, 0.2) is 60.9 Å². The second-order valence-corrected chi connectivity index (χ2v) is 6.69. The molecule has 4 aromatic rings. The molecule has 0 radical (unpaired) electrons. The first-order valence-corrected chi connectivity index (χ1v) is 9.37. The van der Waals surface area contributed by atoms with E-state index in [1.54, 1.807) is 0 Å². The number of aromatic nitrogens is 3. The van der Waals surface area contributed by atoms with Gasteiger partial charge in [-0.3, -0.25) is 4.98 Å². The molecule has 0 aliphatic carbocycles. The number of benzene rings is 2. The van der Waals surface area contributed by atoms with Crippen molar-refractivity contribution in [2.75, 3.05) is 6.54 Å². The van der Waals surface area contributed by atoms with Crippen molar-refractivity contribution < 1.29 is 9.53 Å². The molecule has 2 aromatic carbocycles. The largest absolute Gasteiger partial charge is 0.445 e. The summed E-state index contributed by atoms with van der Waals surface area (Å²) in [5.74, 6) is 0. The summed E-state index contributed by atoms with van der Waals surface area (Å²) in [6.45, 7) is 3.55. The molecule has 2 heterocycles. The zero-order valence-corrected chi connectivity index (χ0v) is 15.8. The van der Waals surface area contributed by atoms with E-state index in [-0.39, 0.29) is 6.61 Å². The minimum absolute atomic E-state index is 0.275. The molecule has 0 saturated carbocycles. The minimum Gasteiger partial charge on any atom is -0.445 e. The van der Waals surface area contributed by atoms with Crippen molar-refractivity contribution in [2.45, 2.75) is 26.5 Å². The SMILES string of the molecule is Cc1nc2ccccc2c2c1ncn2CCCNC(=O)OCc1ccccc1. The molecular formula is C22H22N4O2. The molecule has 28 heavy (non-hydrogen) atoms. The van der Waals surface area contributed by atoms with Crippen LogP contribution in [0.1, 0.15) is 17.7 Å². The summed E-state index contributed by atoms with van der Waals surface area (Å²) in [4.78, 5) is 21.0. The highest BCUT2D eigenvalue weighted by molar-refractivity contribution is 6.03. The van der Waals surface area contributed by atoms with Gasteiger partial charge in [-0.25, -0.2) is 9.78 Å². The standard InChI is InChI=1S/C22H22N4O2/c1-16-20-21(18-10-5-6-11-19(18)25-16)26(15-24-20)13-7-12-23-22(27)28-14-17-8-3-2-4-9-17/h2-6,8-11,15H,7,12-14H2,1H3,(H,23,27). The van der Waals surface area contributed by atoms with Crippen LogP contribution in [0.5, 0.6) is 0 Å². The van der Waals surface area contributed by atoms with Gasteiger partial charge in [-0.15, -0.1) is 0 Å². The first-order valence-electron chi connectivity index (χ1n) is 9.37. The topological polar surface area (TPSA) is 69.0 Å². The monoisotopic (exact) mass is 374 g/mol. The summed E-state index contributed by atoms with van der Waals surface area (Å²) in [5, 5.41) is 3.90. The van der Waals surface area contributed by atoms with Crippen molar-refractivity contribution in [3.05, 3.63) is 72.2 Å². The number of imidazole rings is 1. The van der Waals surface area contributed by atoms with Gasteiger partial charge in [0.1, 0.15) is 12.1 Å². The Labute approximate surface area is 163 Å². The number of ether oxygens (including phenoxy) is 1. The molecule has 1 N–H and O–H groups in total. The molecule has 0 aliphatic rings. The number of amides is 1. The highest BCUT2D eigenvalue weighted by Gasteiger charge is 2.11. The summed E-state index contributed by atoms with van der Waals surface area (Å²) < 4.78 is 7.36. The van der Waals surface area contributed by atoms with E-state index < -0.39 is 6.09 Å². The Balaban J connectivity index is 1.35. The molecule has 0 spiro atoms. The lowest BCUT2D eigenvalue weighted by Crippen LogP contribution is -2.25. The molecule has 0 aliphatic heterocycles. The highest BCUT2D eigenvalue weighted by atomic mass is 16.5. The molecule has 0 unspecified atom stereocenters. The lowest BCUT2D eigenvalue weighted by Gasteiger charge is -2.09. The summed E-state index contributed by atoms with van der Waals surface area (Å²) >= 11 is 0. The zero-order chi connectivity index (χ0) is 19.3. The molecule has 0 bridgehead atoms. The van der Waals surface area contributed by atoms with Crippen LogP contribution in [-0.2, 0) is 17.9 Å². The van der Waals surface area contributed by atoms with Crippen molar-refractivity contribution >= 4 is 28.0 Å². The van der Waals surface area contributed by atoms with Crippen molar-refractivity contribution in [3.8, 4) is 0 Å². The molecule has 2 aromatic heterocycles. The van der Waals surface area contributed by atoms with E-state index in [1.807, 2.05) is 61.8 Å². The van der Waals surface area contributed by atoms with E-state index >= 15 is 0 Å². The predicted molar refractivity (Wildman–Crippen MR) is 109 cm³/mol. The smallest absolute Gasteiger partial charge is 0.407 e. The number of hydrogen-bond acceptors (Lipinski definition) is 4. The lowest BCUT2D eigenvalue weighted by atomic mass is 10.1. The number of alkyl carbamates (subject to hydrolysis) is 1. The van der Waals surface area contributed by atoms with Gasteiger partial charge < -0.3 is 14.6 Å². The van der Waals surface area contributed by atoms with Gasteiger partial charge in [0, 0.05) is 18.5 Å². The van der Waals surface area contributed by atoms with Crippen molar-refractivity contribution in [1.82, 2.24) is 19.9 Å². The normalized spacial score (nSPS) is 11.0. The van der Waals surface area contributed by atoms with Crippen LogP contribution in [0.4, 0.5) is 4.79 Å². The molecule has 0 saturated heterocycles. The Hall–Kier alpha value is -3.41. The maximum Gasteiger partial charge on any atom is 0.407 e. The molecule has 1 amide bonds. The number of carbonyl (C=O) groups excluding carboxylic acids is 1. The molecule has 142 valence electrons. The van der Waals surface area contributed by atoms with Gasteiger partial charge in [0.15, 0.2) is 0 Å². The number of rotatable bonds is 6. The van der Waals surface area contributed by atoms with Crippen LogP contribution in [0.3, 0.4) is 0 Å². The van der Waals surface area contributed by atoms with Crippen molar-refractivity contribution in [1.29, 1.82) is 0 Å². The Kier molecular flexibility index (Phi) is 5.19. The fourth-order valence-electron chi connectivity index (χ4n) is 3.32. The fraction of sp³-hybridized carbons (Fsp3) is 0.227. The van der Waals surface area contributed by atoms with Crippen LogP contribution < -0.4 is 5.32 Å². The predicted octanol–water partition coefficient (Wildman–Crippen LogP) is 4.21. The average Bonchev–Trinajstić information content (AvgIpc) is 3.15. The fourth-order valence-corrected chi connectivity index (χ4v) is 3.32. The van der Waals surface area contributed by atoms with Crippen LogP contribution in [0.25, 0.3) is 21.9 Å². The summed E-state index contributed by atoms with van der Waals surface area (Å²) in [6.07, 6.45) is 2.23. The second-order valence-electron chi connectivity index (χ2n) is 6.69. The summed E-state index contributed by atoms with van der Waals surface area (Å²) in [5.41, 5.74) is 4.88. The van der Waals surface area contributed by atoms with Gasteiger partial charge >= 0.3 is 6.09 Å². The van der Waals surface area contributed by atoms with E-state index in [4.69, 9.17) is 4.74 Å².